The average Bonchev–Trinajstić information content (AvgIpc) is 2.63. The van der Waals surface area contributed by atoms with E-state index in [9.17, 15) is 0 Å². The largest absolute Gasteiger partial charge is 0.403 e. The summed E-state index contributed by atoms with van der Waals surface area (Å²) in [5, 5.41) is 3.95. The highest BCUT2D eigenvalue weighted by atomic mass is 32.2. The molecule has 0 bridgehead atoms. The minimum atomic E-state index is 0.580. The predicted molar refractivity (Wildman–Crippen MR) is 107 cm³/mol. The summed E-state index contributed by atoms with van der Waals surface area (Å²) >= 11 is 1.57. The molecule has 1 aliphatic rings. The zero-order valence-electron chi connectivity index (χ0n) is 15.0. The van der Waals surface area contributed by atoms with E-state index in [1.54, 1.807) is 18.0 Å². The fourth-order valence-electron chi connectivity index (χ4n) is 2.06. The summed E-state index contributed by atoms with van der Waals surface area (Å²) in [6.07, 6.45) is 3.50. The predicted octanol–water partition coefficient (Wildman–Crippen LogP) is 2.30. The number of thioether (sulfide) groups is 1. The molecular formula is C17H25N7S. The molecule has 7 nitrogen and oxygen atoms in total. The van der Waals surface area contributed by atoms with Crippen molar-refractivity contribution < 1.29 is 0 Å². The molecular weight excluding hydrogens is 334 g/mol. The van der Waals surface area contributed by atoms with Crippen LogP contribution in [0.2, 0.25) is 0 Å². The van der Waals surface area contributed by atoms with Crippen LogP contribution in [-0.4, -0.2) is 37.3 Å². The number of rotatable bonds is 5. The fraction of sp³-hybridized carbons (Fsp3) is 0.294. The maximum Gasteiger partial charge on any atom is 0.232 e. The molecule has 1 aromatic carbocycles. The highest BCUT2D eigenvalue weighted by Crippen LogP contribution is 2.32. The molecule has 25 heavy (non-hydrogen) atoms. The minimum absolute atomic E-state index is 0.580. The van der Waals surface area contributed by atoms with Gasteiger partial charge in [0.1, 0.15) is 10.9 Å². The number of allylic oxidation sites excluding steroid dienone is 1. The van der Waals surface area contributed by atoms with Gasteiger partial charge < -0.3 is 21.4 Å². The zero-order chi connectivity index (χ0) is 18.2. The number of aliphatic imine (C=N–C) groups is 2. The Hall–Kier alpha value is -2.45. The van der Waals surface area contributed by atoms with Gasteiger partial charge >= 0.3 is 0 Å². The Morgan fingerprint density at radius 1 is 1.36 bits per heavy atom. The van der Waals surface area contributed by atoms with E-state index < -0.39 is 0 Å². The summed E-state index contributed by atoms with van der Waals surface area (Å²) in [6.45, 7) is 4.69. The molecule has 0 saturated carbocycles. The molecule has 0 aliphatic carbocycles. The van der Waals surface area contributed by atoms with E-state index in [1.165, 1.54) is 0 Å². The molecule has 0 atom stereocenters. The number of guanidine groups is 1. The molecule has 1 aliphatic heterocycles. The molecule has 8 heteroatoms. The van der Waals surface area contributed by atoms with Crippen LogP contribution in [0.5, 0.6) is 0 Å². The number of nitrogens with zero attached hydrogens (tertiary/aromatic N) is 3. The molecule has 5 N–H and O–H groups in total. The smallest absolute Gasteiger partial charge is 0.232 e. The van der Waals surface area contributed by atoms with Gasteiger partial charge in [0.05, 0.1) is 5.70 Å². The summed E-state index contributed by atoms with van der Waals surface area (Å²) in [7, 11) is 3.79. The van der Waals surface area contributed by atoms with Gasteiger partial charge in [0.15, 0.2) is 0 Å². The lowest BCUT2D eigenvalue weighted by atomic mass is 10.3. The van der Waals surface area contributed by atoms with E-state index in [-0.39, 0.29) is 0 Å². The van der Waals surface area contributed by atoms with E-state index in [0.717, 1.165) is 33.7 Å². The van der Waals surface area contributed by atoms with Gasteiger partial charge in [-0.05, 0) is 37.3 Å². The van der Waals surface area contributed by atoms with Gasteiger partial charge in [-0.3, -0.25) is 0 Å². The summed E-state index contributed by atoms with van der Waals surface area (Å²) in [4.78, 5) is 12.1. The number of hydrazine groups is 1. The van der Waals surface area contributed by atoms with Crippen molar-refractivity contribution >= 4 is 29.2 Å². The quantitative estimate of drug-likeness (QED) is 0.366. The van der Waals surface area contributed by atoms with Gasteiger partial charge in [0.2, 0.25) is 5.96 Å². The van der Waals surface area contributed by atoms with Crippen LogP contribution in [0.15, 0.2) is 62.1 Å². The van der Waals surface area contributed by atoms with E-state index in [1.807, 2.05) is 51.1 Å². The van der Waals surface area contributed by atoms with E-state index in [2.05, 4.69) is 38.3 Å². The molecule has 134 valence electrons. The molecule has 0 unspecified atom stereocenters. The first-order chi connectivity index (χ1) is 12.1. The van der Waals surface area contributed by atoms with Crippen molar-refractivity contribution in [1.82, 2.24) is 15.8 Å². The van der Waals surface area contributed by atoms with Gasteiger partial charge in [-0.15, -0.1) is 0 Å². The van der Waals surface area contributed by atoms with Gasteiger partial charge in [-0.2, -0.15) is 4.99 Å². The number of benzene rings is 1. The van der Waals surface area contributed by atoms with Crippen LogP contribution in [0.3, 0.4) is 0 Å². The van der Waals surface area contributed by atoms with E-state index >= 15 is 0 Å². The topological polar surface area (TPSA) is 90.1 Å². The first kappa shape index (κ1) is 18.9. The van der Waals surface area contributed by atoms with Gasteiger partial charge in [0, 0.05) is 37.4 Å². The molecule has 1 heterocycles. The van der Waals surface area contributed by atoms with Crippen LogP contribution < -0.4 is 21.9 Å². The Bertz CT molecular complexity index is 704. The molecule has 0 aromatic heterocycles. The number of nitrogens with two attached hydrogens (primary N) is 1. The number of nitrogens with one attached hydrogen (secondary N) is 3. The van der Waals surface area contributed by atoms with Gasteiger partial charge in [0.25, 0.3) is 0 Å². The molecule has 0 amide bonds. The summed E-state index contributed by atoms with van der Waals surface area (Å²) in [6, 6.07) is 8.17. The maximum atomic E-state index is 5.76. The monoisotopic (exact) mass is 359 g/mol. The third kappa shape index (κ3) is 5.27. The molecule has 0 saturated heterocycles. The van der Waals surface area contributed by atoms with Crippen molar-refractivity contribution in [2.75, 3.05) is 26.0 Å². The first-order valence-electron chi connectivity index (χ1n) is 8.03. The second kappa shape index (κ2) is 9.14. The lowest BCUT2D eigenvalue weighted by molar-refractivity contribution is 0.625. The zero-order valence-corrected chi connectivity index (χ0v) is 15.8. The Kier molecular flexibility index (Phi) is 6.91. The van der Waals surface area contributed by atoms with Crippen LogP contribution in [0.25, 0.3) is 0 Å². The Balaban J connectivity index is 2.23. The minimum Gasteiger partial charge on any atom is -0.403 e. The van der Waals surface area contributed by atoms with Crippen molar-refractivity contribution in [3.63, 3.8) is 0 Å². The van der Waals surface area contributed by atoms with Crippen LogP contribution in [0.1, 0.15) is 13.8 Å². The molecule has 0 radical (unpaired) electrons. The average molecular weight is 360 g/mol. The van der Waals surface area contributed by atoms with E-state index in [4.69, 9.17) is 5.73 Å². The van der Waals surface area contributed by atoms with Crippen LogP contribution in [0.4, 0.5) is 5.69 Å². The number of amidine groups is 1. The summed E-state index contributed by atoms with van der Waals surface area (Å²) < 4.78 is 0. The Morgan fingerprint density at radius 3 is 2.68 bits per heavy atom. The highest BCUT2D eigenvalue weighted by molar-refractivity contribution is 8.03. The lowest BCUT2D eigenvalue weighted by Crippen LogP contribution is -2.37. The molecule has 0 fully saturated rings. The standard InChI is InChI=1S/C17H25N7S/c1-5-20-23-12(2)21-17-22-16(10-14(11-18)24(17)4)25-15-8-6-13(19-3)7-9-15/h6-11,19-20H,5,18H2,1-4H3,(H,21,22,23)/b14-11-. The Labute approximate surface area is 153 Å². The van der Waals surface area contributed by atoms with Crippen LogP contribution >= 0.6 is 11.8 Å². The third-order valence-corrected chi connectivity index (χ3v) is 4.34. The van der Waals surface area contributed by atoms with Crippen molar-refractivity contribution in [3.05, 3.63) is 47.3 Å². The highest BCUT2D eigenvalue weighted by Gasteiger charge is 2.17. The fourth-order valence-corrected chi connectivity index (χ4v) is 2.88. The van der Waals surface area contributed by atoms with Crippen molar-refractivity contribution in [2.24, 2.45) is 15.7 Å². The van der Waals surface area contributed by atoms with Gasteiger partial charge in [-0.25, -0.2) is 10.4 Å². The van der Waals surface area contributed by atoms with Gasteiger partial charge in [-0.1, -0.05) is 18.7 Å². The summed E-state index contributed by atoms with van der Waals surface area (Å²) in [5.41, 5.74) is 13.7. The second-order valence-electron chi connectivity index (χ2n) is 5.27. The van der Waals surface area contributed by atoms with Crippen molar-refractivity contribution in [2.45, 2.75) is 18.7 Å². The normalized spacial score (nSPS) is 16.6. The maximum absolute atomic E-state index is 5.76. The molecule has 1 aromatic rings. The number of anilines is 1. The third-order valence-electron chi connectivity index (χ3n) is 3.42. The second-order valence-corrected chi connectivity index (χ2v) is 6.37. The van der Waals surface area contributed by atoms with Crippen LogP contribution in [0, 0.1) is 0 Å². The van der Waals surface area contributed by atoms with Crippen LogP contribution in [-0.2, 0) is 0 Å². The lowest BCUT2D eigenvalue weighted by Gasteiger charge is -2.24. The molecule has 2 rings (SSSR count). The van der Waals surface area contributed by atoms with E-state index in [0.29, 0.717) is 5.96 Å². The number of hydrogen-bond acceptors (Lipinski definition) is 7. The SMILES string of the molecule is CCNN/C(C)=N/C1=NC(Sc2ccc(NC)cc2)=C/C(=C/N)N1C. The summed E-state index contributed by atoms with van der Waals surface area (Å²) in [5.74, 6) is 1.31. The molecule has 0 spiro atoms. The number of likely N-dealkylation sites (N-methyl/N-ethyl adjacent to an activating group) is 1. The van der Waals surface area contributed by atoms with Crippen molar-refractivity contribution in [3.8, 4) is 0 Å². The Morgan fingerprint density at radius 2 is 2.08 bits per heavy atom. The first-order valence-corrected chi connectivity index (χ1v) is 8.84. The van der Waals surface area contributed by atoms with Crippen molar-refractivity contribution in [1.29, 1.82) is 0 Å². The number of hydrogen-bond donors (Lipinski definition) is 4.